The van der Waals surface area contributed by atoms with Crippen LogP contribution in [0.2, 0.25) is 0 Å². The van der Waals surface area contributed by atoms with Gasteiger partial charge in [0.15, 0.2) is 0 Å². The summed E-state index contributed by atoms with van der Waals surface area (Å²) in [4.78, 5) is 0. The summed E-state index contributed by atoms with van der Waals surface area (Å²) in [6, 6.07) is 2.34. The third kappa shape index (κ3) is 1.51. The second-order valence-electron chi connectivity index (χ2n) is 5.04. The summed E-state index contributed by atoms with van der Waals surface area (Å²) in [7, 11) is 2.15. The molecular formula is C13H22N2. The Labute approximate surface area is 92.5 Å². The van der Waals surface area contributed by atoms with Crippen molar-refractivity contribution in [2.24, 2.45) is 12.8 Å². The molecule has 0 aliphatic heterocycles. The van der Waals surface area contributed by atoms with Gasteiger partial charge in [-0.05, 0) is 38.3 Å². The zero-order valence-electron chi connectivity index (χ0n) is 10.1. The normalized spacial score (nSPS) is 19.7. The standard InChI is InChI=1S/C13H22N2/c1-10-8-12(11(2)15(10)3)13(9-14)6-4-5-7-13/h8H,4-7,9,14H2,1-3H3. The van der Waals surface area contributed by atoms with Crippen molar-refractivity contribution < 1.29 is 0 Å². The predicted octanol–water partition coefficient (Wildman–Crippen LogP) is 2.41. The summed E-state index contributed by atoms with van der Waals surface area (Å²) >= 11 is 0. The van der Waals surface area contributed by atoms with Crippen molar-refractivity contribution in [2.45, 2.75) is 44.9 Å². The minimum atomic E-state index is 0.288. The molecule has 2 heteroatoms. The minimum Gasteiger partial charge on any atom is -0.352 e. The Balaban J connectivity index is 2.47. The second kappa shape index (κ2) is 3.67. The summed E-state index contributed by atoms with van der Waals surface area (Å²) in [6.45, 7) is 5.20. The van der Waals surface area contributed by atoms with E-state index in [9.17, 15) is 0 Å². The van der Waals surface area contributed by atoms with E-state index in [0.29, 0.717) is 0 Å². The number of hydrogen-bond donors (Lipinski definition) is 1. The third-order valence-corrected chi connectivity index (χ3v) is 4.30. The molecule has 1 heterocycles. The largest absolute Gasteiger partial charge is 0.352 e. The number of hydrogen-bond acceptors (Lipinski definition) is 1. The fourth-order valence-corrected chi connectivity index (χ4v) is 3.03. The molecule has 2 N–H and O–H groups in total. The van der Waals surface area contributed by atoms with Gasteiger partial charge in [0.2, 0.25) is 0 Å². The number of nitrogens with two attached hydrogens (primary N) is 1. The SMILES string of the molecule is Cc1cc(C2(CN)CCCC2)c(C)n1C. The van der Waals surface area contributed by atoms with Crippen molar-refractivity contribution in [3.8, 4) is 0 Å². The molecule has 1 aliphatic carbocycles. The third-order valence-electron chi connectivity index (χ3n) is 4.30. The van der Waals surface area contributed by atoms with E-state index in [1.165, 1.54) is 42.6 Å². The van der Waals surface area contributed by atoms with E-state index in [4.69, 9.17) is 5.73 Å². The molecule has 1 saturated carbocycles. The number of aromatic nitrogens is 1. The van der Waals surface area contributed by atoms with Crippen LogP contribution >= 0.6 is 0 Å². The Morgan fingerprint density at radius 3 is 2.33 bits per heavy atom. The lowest BCUT2D eigenvalue weighted by atomic mass is 9.79. The van der Waals surface area contributed by atoms with Crippen LogP contribution in [0, 0.1) is 13.8 Å². The van der Waals surface area contributed by atoms with E-state index in [1.807, 2.05) is 0 Å². The zero-order chi connectivity index (χ0) is 11.1. The van der Waals surface area contributed by atoms with E-state index < -0.39 is 0 Å². The first-order valence-electron chi connectivity index (χ1n) is 5.94. The molecule has 1 aromatic rings. The molecule has 0 radical (unpaired) electrons. The summed E-state index contributed by atoms with van der Waals surface area (Å²) in [5.74, 6) is 0. The van der Waals surface area contributed by atoms with E-state index in [1.54, 1.807) is 0 Å². The molecule has 0 saturated heterocycles. The fraction of sp³-hybridized carbons (Fsp3) is 0.692. The average Bonchev–Trinajstić information content (AvgIpc) is 2.80. The molecule has 0 amide bonds. The maximum atomic E-state index is 6.02. The van der Waals surface area contributed by atoms with Gasteiger partial charge in [-0.2, -0.15) is 0 Å². The van der Waals surface area contributed by atoms with Gasteiger partial charge >= 0.3 is 0 Å². The first-order valence-corrected chi connectivity index (χ1v) is 5.94. The maximum Gasteiger partial charge on any atom is 0.0181 e. The molecule has 15 heavy (non-hydrogen) atoms. The van der Waals surface area contributed by atoms with Crippen molar-refractivity contribution in [1.29, 1.82) is 0 Å². The van der Waals surface area contributed by atoms with Gasteiger partial charge in [0.1, 0.15) is 0 Å². The van der Waals surface area contributed by atoms with Crippen LogP contribution in [0.25, 0.3) is 0 Å². The smallest absolute Gasteiger partial charge is 0.0181 e. The van der Waals surface area contributed by atoms with Crippen molar-refractivity contribution in [2.75, 3.05) is 6.54 Å². The van der Waals surface area contributed by atoms with Gasteiger partial charge in [-0.15, -0.1) is 0 Å². The summed E-state index contributed by atoms with van der Waals surface area (Å²) < 4.78 is 2.28. The molecule has 1 aromatic heterocycles. The highest BCUT2D eigenvalue weighted by Crippen LogP contribution is 2.42. The predicted molar refractivity (Wildman–Crippen MR) is 64.1 cm³/mol. The minimum absolute atomic E-state index is 0.288. The lowest BCUT2D eigenvalue weighted by molar-refractivity contribution is 0.449. The first kappa shape index (κ1) is 10.7. The van der Waals surface area contributed by atoms with Crippen LogP contribution in [-0.2, 0) is 12.5 Å². The van der Waals surface area contributed by atoms with Gasteiger partial charge < -0.3 is 10.3 Å². The average molecular weight is 206 g/mol. The molecule has 0 unspecified atom stereocenters. The lowest BCUT2D eigenvalue weighted by Crippen LogP contribution is -2.32. The number of nitrogens with zero attached hydrogens (tertiary/aromatic N) is 1. The van der Waals surface area contributed by atoms with Gasteiger partial charge in [0.25, 0.3) is 0 Å². The van der Waals surface area contributed by atoms with Crippen LogP contribution < -0.4 is 5.73 Å². The van der Waals surface area contributed by atoms with Gasteiger partial charge in [0.05, 0.1) is 0 Å². The van der Waals surface area contributed by atoms with Gasteiger partial charge in [-0.3, -0.25) is 0 Å². The molecule has 0 atom stereocenters. The van der Waals surface area contributed by atoms with E-state index in [-0.39, 0.29) is 5.41 Å². The highest BCUT2D eigenvalue weighted by molar-refractivity contribution is 5.35. The zero-order valence-corrected chi connectivity index (χ0v) is 10.1. The lowest BCUT2D eigenvalue weighted by Gasteiger charge is -2.27. The summed E-state index contributed by atoms with van der Waals surface area (Å²) in [5.41, 5.74) is 10.6. The topological polar surface area (TPSA) is 30.9 Å². The number of rotatable bonds is 2. The molecule has 84 valence electrons. The second-order valence-corrected chi connectivity index (χ2v) is 5.04. The molecule has 0 bridgehead atoms. The molecule has 2 nitrogen and oxygen atoms in total. The highest BCUT2D eigenvalue weighted by atomic mass is 15.0. The van der Waals surface area contributed by atoms with Crippen LogP contribution in [0.4, 0.5) is 0 Å². The summed E-state index contributed by atoms with van der Waals surface area (Å²) in [5, 5.41) is 0. The first-order chi connectivity index (χ1) is 7.10. The number of aryl methyl sites for hydroxylation is 1. The van der Waals surface area contributed by atoms with Crippen molar-refractivity contribution in [3.05, 3.63) is 23.0 Å². The van der Waals surface area contributed by atoms with E-state index in [2.05, 4.69) is 31.5 Å². The van der Waals surface area contributed by atoms with Crippen molar-refractivity contribution in [3.63, 3.8) is 0 Å². The Hall–Kier alpha value is -0.760. The van der Waals surface area contributed by atoms with E-state index in [0.717, 1.165) is 6.54 Å². The molecule has 0 spiro atoms. The Morgan fingerprint density at radius 2 is 1.93 bits per heavy atom. The quantitative estimate of drug-likeness (QED) is 0.791. The maximum absolute atomic E-state index is 6.02. The highest BCUT2D eigenvalue weighted by Gasteiger charge is 2.36. The van der Waals surface area contributed by atoms with Crippen LogP contribution in [0.15, 0.2) is 6.07 Å². The van der Waals surface area contributed by atoms with Crippen LogP contribution in [0.3, 0.4) is 0 Å². The fourth-order valence-electron chi connectivity index (χ4n) is 3.03. The van der Waals surface area contributed by atoms with Crippen LogP contribution in [0.5, 0.6) is 0 Å². The van der Waals surface area contributed by atoms with Crippen LogP contribution in [-0.4, -0.2) is 11.1 Å². The monoisotopic (exact) mass is 206 g/mol. The molecular weight excluding hydrogens is 184 g/mol. The van der Waals surface area contributed by atoms with Crippen LogP contribution in [0.1, 0.15) is 42.6 Å². The van der Waals surface area contributed by atoms with Crippen molar-refractivity contribution >= 4 is 0 Å². The van der Waals surface area contributed by atoms with Gasteiger partial charge in [0, 0.05) is 30.4 Å². The molecule has 1 fully saturated rings. The summed E-state index contributed by atoms with van der Waals surface area (Å²) in [6.07, 6.45) is 5.22. The Morgan fingerprint density at radius 1 is 1.33 bits per heavy atom. The Kier molecular flexibility index (Phi) is 2.63. The Bertz CT molecular complexity index is 357. The van der Waals surface area contributed by atoms with E-state index >= 15 is 0 Å². The van der Waals surface area contributed by atoms with Gasteiger partial charge in [-0.1, -0.05) is 12.8 Å². The molecule has 1 aliphatic rings. The molecule has 2 rings (SSSR count). The van der Waals surface area contributed by atoms with Gasteiger partial charge in [-0.25, -0.2) is 0 Å². The van der Waals surface area contributed by atoms with Crippen molar-refractivity contribution in [1.82, 2.24) is 4.57 Å². The molecule has 0 aromatic carbocycles.